The van der Waals surface area contributed by atoms with Crippen LogP contribution in [0.5, 0.6) is 0 Å². The van der Waals surface area contributed by atoms with E-state index in [9.17, 15) is 8.42 Å². The lowest BCUT2D eigenvalue weighted by Crippen LogP contribution is -2.49. The predicted molar refractivity (Wildman–Crippen MR) is 73.1 cm³/mol. The summed E-state index contributed by atoms with van der Waals surface area (Å²) in [5.41, 5.74) is 0. The summed E-state index contributed by atoms with van der Waals surface area (Å²) < 4.78 is 24.4. The molecule has 0 aromatic rings. The van der Waals surface area contributed by atoms with E-state index in [0.717, 1.165) is 25.9 Å². The summed E-state index contributed by atoms with van der Waals surface area (Å²) in [6.45, 7) is 3.48. The van der Waals surface area contributed by atoms with Crippen LogP contribution in [0.3, 0.4) is 0 Å². The summed E-state index contributed by atoms with van der Waals surface area (Å²) in [5.74, 6) is 0. The second-order valence-corrected chi connectivity index (χ2v) is 7.47. The topological polar surface area (TPSA) is 61.4 Å². The Bertz CT molecular complexity index is 344. The maximum Gasteiger partial charge on any atom is 0.211 e. The first-order valence-corrected chi connectivity index (χ1v) is 8.82. The fraction of sp³-hybridized carbons (Fsp3) is 1.00. The average molecular weight is 275 g/mol. The number of piperidine rings is 2. The Kier molecular flexibility index (Phi) is 5.00. The van der Waals surface area contributed by atoms with Gasteiger partial charge in [0.15, 0.2) is 0 Å². The van der Waals surface area contributed by atoms with Gasteiger partial charge in [-0.2, -0.15) is 0 Å². The van der Waals surface area contributed by atoms with Crippen LogP contribution in [0.4, 0.5) is 0 Å². The molecular weight excluding hydrogens is 250 g/mol. The number of nitrogens with zero attached hydrogens (tertiary/aromatic N) is 1. The SMILES string of the molecule is CS(=O)(=O)N1CCC(NCC2CCCCN2)CC1. The van der Waals surface area contributed by atoms with Crippen LogP contribution in [0.15, 0.2) is 0 Å². The largest absolute Gasteiger partial charge is 0.313 e. The number of nitrogens with one attached hydrogen (secondary N) is 2. The van der Waals surface area contributed by atoms with E-state index in [-0.39, 0.29) is 0 Å². The molecule has 0 aromatic carbocycles. The van der Waals surface area contributed by atoms with Crippen molar-refractivity contribution in [3.05, 3.63) is 0 Å². The predicted octanol–water partition coefficient (Wildman–Crippen LogP) is 0.142. The monoisotopic (exact) mass is 275 g/mol. The molecule has 106 valence electrons. The van der Waals surface area contributed by atoms with Crippen LogP contribution in [0, 0.1) is 0 Å². The van der Waals surface area contributed by atoms with Gasteiger partial charge >= 0.3 is 0 Å². The first-order valence-electron chi connectivity index (χ1n) is 6.97. The summed E-state index contributed by atoms with van der Waals surface area (Å²) in [6, 6.07) is 1.08. The third kappa shape index (κ3) is 4.19. The van der Waals surface area contributed by atoms with E-state index < -0.39 is 10.0 Å². The molecule has 2 rings (SSSR count). The molecule has 2 saturated heterocycles. The molecule has 0 spiro atoms. The Morgan fingerprint density at radius 1 is 1.22 bits per heavy atom. The smallest absolute Gasteiger partial charge is 0.211 e. The third-order valence-corrected chi connectivity index (χ3v) is 5.29. The molecule has 2 heterocycles. The fourth-order valence-electron chi connectivity index (χ4n) is 2.80. The molecule has 6 heteroatoms. The van der Waals surface area contributed by atoms with E-state index in [1.54, 1.807) is 4.31 Å². The molecule has 5 nitrogen and oxygen atoms in total. The van der Waals surface area contributed by atoms with Crippen LogP contribution in [0.2, 0.25) is 0 Å². The molecule has 0 saturated carbocycles. The second-order valence-electron chi connectivity index (χ2n) is 5.49. The molecule has 2 fully saturated rings. The zero-order valence-corrected chi connectivity index (χ0v) is 12.0. The lowest BCUT2D eigenvalue weighted by atomic mass is 10.0. The average Bonchev–Trinajstić information content (AvgIpc) is 2.37. The third-order valence-electron chi connectivity index (χ3n) is 3.99. The van der Waals surface area contributed by atoms with Crippen molar-refractivity contribution in [2.75, 3.05) is 32.4 Å². The van der Waals surface area contributed by atoms with Crippen LogP contribution < -0.4 is 10.6 Å². The number of hydrogen-bond acceptors (Lipinski definition) is 4. The fourth-order valence-corrected chi connectivity index (χ4v) is 3.67. The van der Waals surface area contributed by atoms with E-state index in [4.69, 9.17) is 0 Å². The molecule has 0 aliphatic carbocycles. The van der Waals surface area contributed by atoms with Gasteiger partial charge in [0.2, 0.25) is 10.0 Å². The molecule has 1 atom stereocenters. The summed E-state index contributed by atoms with van der Waals surface area (Å²) in [5, 5.41) is 7.10. The molecular formula is C12H25N3O2S. The van der Waals surface area contributed by atoms with Crippen LogP contribution in [0.25, 0.3) is 0 Å². The highest BCUT2D eigenvalue weighted by atomic mass is 32.2. The molecule has 2 aliphatic rings. The summed E-state index contributed by atoms with van der Waals surface area (Å²) in [6.07, 6.45) is 7.04. The Morgan fingerprint density at radius 3 is 2.50 bits per heavy atom. The van der Waals surface area contributed by atoms with Crippen molar-refractivity contribution >= 4 is 10.0 Å². The van der Waals surface area contributed by atoms with Crippen LogP contribution >= 0.6 is 0 Å². The first kappa shape index (κ1) is 14.2. The van der Waals surface area contributed by atoms with Gasteiger partial charge in [-0.1, -0.05) is 6.42 Å². The van der Waals surface area contributed by atoms with Crippen molar-refractivity contribution in [2.45, 2.75) is 44.2 Å². The zero-order valence-electron chi connectivity index (χ0n) is 11.2. The van der Waals surface area contributed by atoms with Gasteiger partial charge in [0.25, 0.3) is 0 Å². The lowest BCUT2D eigenvalue weighted by Gasteiger charge is -2.32. The van der Waals surface area contributed by atoms with Crippen molar-refractivity contribution < 1.29 is 8.42 Å². The normalized spacial score (nSPS) is 28.4. The second kappa shape index (κ2) is 6.32. The molecule has 0 amide bonds. The van der Waals surface area contributed by atoms with Gasteiger partial charge in [-0.15, -0.1) is 0 Å². The van der Waals surface area contributed by atoms with Gasteiger partial charge < -0.3 is 10.6 Å². The summed E-state index contributed by atoms with van der Waals surface area (Å²) in [4.78, 5) is 0. The summed E-state index contributed by atoms with van der Waals surface area (Å²) in [7, 11) is -2.99. The van der Waals surface area contributed by atoms with E-state index in [1.807, 2.05) is 0 Å². The Morgan fingerprint density at radius 2 is 1.94 bits per heavy atom. The van der Waals surface area contributed by atoms with Gasteiger partial charge in [0.05, 0.1) is 6.26 Å². The standard InChI is InChI=1S/C12H25N3O2S/c1-18(16,17)15-8-5-11(6-9-15)14-10-12-4-2-3-7-13-12/h11-14H,2-10H2,1H3. The molecule has 0 aromatic heterocycles. The highest BCUT2D eigenvalue weighted by molar-refractivity contribution is 7.88. The Hall–Kier alpha value is -0.170. The minimum atomic E-state index is -2.99. The van der Waals surface area contributed by atoms with Gasteiger partial charge in [0.1, 0.15) is 0 Å². The lowest BCUT2D eigenvalue weighted by molar-refractivity contribution is 0.277. The van der Waals surface area contributed by atoms with E-state index >= 15 is 0 Å². The van der Waals surface area contributed by atoms with E-state index in [0.29, 0.717) is 25.2 Å². The summed E-state index contributed by atoms with van der Waals surface area (Å²) >= 11 is 0. The maximum atomic E-state index is 11.4. The van der Waals surface area contributed by atoms with Gasteiger partial charge in [-0.25, -0.2) is 12.7 Å². The van der Waals surface area contributed by atoms with Gasteiger partial charge in [-0.05, 0) is 32.2 Å². The maximum absolute atomic E-state index is 11.4. The van der Waals surface area contributed by atoms with Crippen molar-refractivity contribution in [1.82, 2.24) is 14.9 Å². The zero-order chi connectivity index (χ0) is 13.0. The van der Waals surface area contributed by atoms with Gasteiger partial charge in [-0.3, -0.25) is 0 Å². The molecule has 18 heavy (non-hydrogen) atoms. The number of rotatable bonds is 4. The minimum Gasteiger partial charge on any atom is -0.313 e. The van der Waals surface area contributed by atoms with Crippen molar-refractivity contribution in [2.24, 2.45) is 0 Å². The number of sulfonamides is 1. The Labute approximate surface area is 110 Å². The molecule has 2 aliphatic heterocycles. The van der Waals surface area contributed by atoms with Gasteiger partial charge in [0, 0.05) is 31.7 Å². The van der Waals surface area contributed by atoms with E-state index in [1.165, 1.54) is 25.5 Å². The van der Waals surface area contributed by atoms with E-state index in [2.05, 4.69) is 10.6 Å². The van der Waals surface area contributed by atoms with Crippen LogP contribution in [-0.4, -0.2) is 57.2 Å². The minimum absolute atomic E-state index is 0.478. The van der Waals surface area contributed by atoms with Crippen LogP contribution in [0.1, 0.15) is 32.1 Å². The van der Waals surface area contributed by atoms with Crippen LogP contribution in [-0.2, 0) is 10.0 Å². The number of hydrogen-bond donors (Lipinski definition) is 2. The molecule has 0 radical (unpaired) electrons. The highest BCUT2D eigenvalue weighted by Gasteiger charge is 2.25. The first-order chi connectivity index (χ1) is 8.55. The quantitative estimate of drug-likeness (QED) is 0.766. The molecule has 1 unspecified atom stereocenters. The van der Waals surface area contributed by atoms with Crippen molar-refractivity contribution in [3.8, 4) is 0 Å². The molecule has 0 bridgehead atoms. The van der Waals surface area contributed by atoms with Crippen molar-refractivity contribution in [1.29, 1.82) is 0 Å². The Balaban J connectivity index is 1.67. The molecule has 2 N–H and O–H groups in total. The van der Waals surface area contributed by atoms with Crippen molar-refractivity contribution in [3.63, 3.8) is 0 Å². The highest BCUT2D eigenvalue weighted by Crippen LogP contribution is 2.14.